The van der Waals surface area contributed by atoms with Crippen molar-refractivity contribution in [2.24, 2.45) is 0 Å². The molecule has 0 atom stereocenters. The lowest BCUT2D eigenvalue weighted by Gasteiger charge is -2.31. The number of amides is 1. The zero-order chi connectivity index (χ0) is 15.8. The van der Waals surface area contributed by atoms with Crippen LogP contribution in [0.4, 0.5) is 8.78 Å². The van der Waals surface area contributed by atoms with Crippen molar-refractivity contribution in [1.29, 1.82) is 0 Å². The molecule has 1 heterocycles. The first kappa shape index (κ1) is 15.7. The molecule has 1 aromatic carbocycles. The molecular weight excluding hydrogens is 308 g/mol. The van der Waals surface area contributed by atoms with E-state index in [1.807, 2.05) is 0 Å². The quantitative estimate of drug-likeness (QED) is 0.893. The first-order chi connectivity index (χ1) is 10.5. The van der Waals surface area contributed by atoms with Gasteiger partial charge in [-0.1, -0.05) is 6.07 Å². The standard InChI is InChI=1S/C16H19F2NO2S/c17-11-2-1-3-12(18)13(11)15(4-5-15)10-19-14(20)16(21)6-8-22-9-7-16/h1-3,21H,4-10H2,(H,19,20). The van der Waals surface area contributed by atoms with Crippen LogP contribution in [0, 0.1) is 11.6 Å². The molecule has 3 rings (SSSR count). The van der Waals surface area contributed by atoms with Gasteiger partial charge in [-0.3, -0.25) is 4.79 Å². The Balaban J connectivity index is 1.70. The number of nitrogens with one attached hydrogen (secondary N) is 1. The molecule has 0 unspecified atom stereocenters. The first-order valence-corrected chi connectivity index (χ1v) is 8.65. The molecule has 1 amide bonds. The third-order valence-corrected chi connectivity index (χ3v) is 5.66. The number of thioether (sulfide) groups is 1. The van der Waals surface area contributed by atoms with E-state index in [-0.39, 0.29) is 12.1 Å². The Morgan fingerprint density at radius 2 is 1.77 bits per heavy atom. The summed E-state index contributed by atoms with van der Waals surface area (Å²) in [6.45, 7) is 0.166. The lowest BCUT2D eigenvalue weighted by atomic mass is 9.92. The number of carbonyl (C=O) groups excluding carboxylic acids is 1. The highest BCUT2D eigenvalue weighted by Crippen LogP contribution is 2.49. The fourth-order valence-electron chi connectivity index (χ4n) is 3.02. The Kier molecular flexibility index (Phi) is 4.16. The summed E-state index contributed by atoms with van der Waals surface area (Å²) in [5.41, 5.74) is -1.94. The molecule has 1 saturated heterocycles. The van der Waals surface area contributed by atoms with Crippen LogP contribution in [0.1, 0.15) is 31.2 Å². The highest BCUT2D eigenvalue weighted by Gasteiger charge is 2.49. The minimum atomic E-state index is -1.34. The summed E-state index contributed by atoms with van der Waals surface area (Å²) in [7, 11) is 0. The van der Waals surface area contributed by atoms with Crippen LogP contribution in [-0.4, -0.2) is 34.7 Å². The van der Waals surface area contributed by atoms with E-state index in [2.05, 4.69) is 5.32 Å². The van der Waals surface area contributed by atoms with E-state index in [0.717, 1.165) is 11.5 Å². The minimum Gasteiger partial charge on any atom is -0.380 e. The molecule has 22 heavy (non-hydrogen) atoms. The van der Waals surface area contributed by atoms with Gasteiger partial charge in [-0.25, -0.2) is 8.78 Å². The van der Waals surface area contributed by atoms with Crippen molar-refractivity contribution in [3.8, 4) is 0 Å². The van der Waals surface area contributed by atoms with E-state index in [4.69, 9.17) is 0 Å². The topological polar surface area (TPSA) is 49.3 Å². The summed E-state index contributed by atoms with van der Waals surface area (Å²) in [6, 6.07) is 3.82. The molecule has 0 bridgehead atoms. The van der Waals surface area contributed by atoms with Crippen LogP contribution in [0.5, 0.6) is 0 Å². The van der Waals surface area contributed by atoms with Crippen molar-refractivity contribution in [3.63, 3.8) is 0 Å². The lowest BCUT2D eigenvalue weighted by Crippen LogP contribution is -2.50. The third-order valence-electron chi connectivity index (χ3n) is 4.68. The predicted octanol–water partition coefficient (Wildman–Crippen LogP) is 2.37. The average molecular weight is 327 g/mol. The van der Waals surface area contributed by atoms with E-state index in [1.54, 1.807) is 11.8 Å². The van der Waals surface area contributed by atoms with Gasteiger partial charge in [0.15, 0.2) is 0 Å². The second-order valence-electron chi connectivity index (χ2n) is 6.20. The fourth-order valence-corrected chi connectivity index (χ4v) is 4.19. The molecule has 1 saturated carbocycles. The Labute approximate surface area is 132 Å². The maximum atomic E-state index is 13.9. The molecule has 1 aromatic rings. The van der Waals surface area contributed by atoms with Gasteiger partial charge in [-0.2, -0.15) is 11.8 Å². The molecular formula is C16H19F2NO2S. The highest BCUT2D eigenvalue weighted by molar-refractivity contribution is 7.99. The van der Waals surface area contributed by atoms with Gasteiger partial charge in [0.2, 0.25) is 0 Å². The number of halogens is 2. The third kappa shape index (κ3) is 2.86. The second-order valence-corrected chi connectivity index (χ2v) is 7.43. The predicted molar refractivity (Wildman–Crippen MR) is 81.8 cm³/mol. The van der Waals surface area contributed by atoms with Gasteiger partial charge in [0, 0.05) is 17.5 Å². The summed E-state index contributed by atoms with van der Waals surface area (Å²) < 4.78 is 27.9. The molecule has 0 radical (unpaired) electrons. The van der Waals surface area contributed by atoms with Crippen molar-refractivity contribution >= 4 is 17.7 Å². The lowest BCUT2D eigenvalue weighted by molar-refractivity contribution is -0.140. The molecule has 0 spiro atoms. The zero-order valence-corrected chi connectivity index (χ0v) is 13.0. The van der Waals surface area contributed by atoms with E-state index >= 15 is 0 Å². The van der Waals surface area contributed by atoms with Crippen molar-refractivity contribution < 1.29 is 18.7 Å². The van der Waals surface area contributed by atoms with Gasteiger partial charge in [0.05, 0.1) is 0 Å². The summed E-state index contributed by atoms with van der Waals surface area (Å²) in [5, 5.41) is 13.1. The van der Waals surface area contributed by atoms with Crippen molar-refractivity contribution in [1.82, 2.24) is 5.32 Å². The SMILES string of the molecule is O=C(NCC1(c2c(F)cccc2F)CC1)C1(O)CCSCC1. The van der Waals surface area contributed by atoms with Gasteiger partial charge in [0.1, 0.15) is 17.2 Å². The van der Waals surface area contributed by atoms with Gasteiger partial charge >= 0.3 is 0 Å². The molecule has 0 aromatic heterocycles. The van der Waals surface area contributed by atoms with Crippen LogP contribution in [-0.2, 0) is 10.2 Å². The molecule has 1 aliphatic heterocycles. The molecule has 6 heteroatoms. The summed E-state index contributed by atoms with van der Waals surface area (Å²) in [5.74, 6) is -0.0662. The molecule has 1 aliphatic carbocycles. The number of aliphatic hydroxyl groups is 1. The number of rotatable bonds is 4. The molecule has 2 fully saturated rings. The van der Waals surface area contributed by atoms with Crippen LogP contribution >= 0.6 is 11.8 Å². The summed E-state index contributed by atoms with van der Waals surface area (Å²) in [4.78, 5) is 12.2. The fraction of sp³-hybridized carbons (Fsp3) is 0.562. The maximum absolute atomic E-state index is 13.9. The zero-order valence-electron chi connectivity index (χ0n) is 12.2. The van der Waals surface area contributed by atoms with E-state index < -0.39 is 28.6 Å². The number of hydrogen-bond donors (Lipinski definition) is 2. The van der Waals surface area contributed by atoms with Crippen molar-refractivity contribution in [2.75, 3.05) is 18.1 Å². The van der Waals surface area contributed by atoms with Crippen LogP contribution in [0.15, 0.2) is 18.2 Å². The maximum Gasteiger partial charge on any atom is 0.252 e. The summed E-state index contributed by atoms with van der Waals surface area (Å²) >= 11 is 1.71. The highest BCUT2D eigenvalue weighted by atomic mass is 32.2. The second kappa shape index (κ2) is 5.81. The molecule has 120 valence electrons. The number of carbonyl (C=O) groups is 1. The van der Waals surface area contributed by atoms with E-state index in [0.29, 0.717) is 25.7 Å². The minimum absolute atomic E-state index is 0.0569. The molecule has 3 nitrogen and oxygen atoms in total. The normalized spacial score (nSPS) is 22.1. The van der Waals surface area contributed by atoms with E-state index in [1.165, 1.54) is 18.2 Å². The van der Waals surface area contributed by atoms with Gasteiger partial charge in [-0.05, 0) is 49.3 Å². The van der Waals surface area contributed by atoms with Crippen LogP contribution in [0.25, 0.3) is 0 Å². The molecule has 2 N–H and O–H groups in total. The van der Waals surface area contributed by atoms with Crippen molar-refractivity contribution in [2.45, 2.75) is 36.7 Å². The van der Waals surface area contributed by atoms with Gasteiger partial charge in [0.25, 0.3) is 5.91 Å². The molecule has 2 aliphatic rings. The van der Waals surface area contributed by atoms with Gasteiger partial charge < -0.3 is 10.4 Å². The number of benzene rings is 1. The Morgan fingerprint density at radius 3 is 2.32 bits per heavy atom. The van der Waals surface area contributed by atoms with Crippen LogP contribution in [0.2, 0.25) is 0 Å². The number of hydrogen-bond acceptors (Lipinski definition) is 3. The first-order valence-electron chi connectivity index (χ1n) is 7.50. The summed E-state index contributed by atoms with van der Waals surface area (Å²) in [6.07, 6.45) is 2.12. The van der Waals surface area contributed by atoms with Crippen molar-refractivity contribution in [3.05, 3.63) is 35.4 Å². The average Bonchev–Trinajstić information content (AvgIpc) is 3.26. The Hall–Kier alpha value is -1.14. The largest absolute Gasteiger partial charge is 0.380 e. The monoisotopic (exact) mass is 327 g/mol. The van der Waals surface area contributed by atoms with Crippen LogP contribution < -0.4 is 5.32 Å². The Morgan fingerprint density at radius 1 is 1.18 bits per heavy atom. The van der Waals surface area contributed by atoms with Crippen LogP contribution in [0.3, 0.4) is 0 Å². The van der Waals surface area contributed by atoms with E-state index in [9.17, 15) is 18.7 Å². The van der Waals surface area contributed by atoms with Gasteiger partial charge in [-0.15, -0.1) is 0 Å². The Bertz CT molecular complexity index is 563. The smallest absolute Gasteiger partial charge is 0.252 e.